The van der Waals surface area contributed by atoms with Crippen molar-refractivity contribution in [3.63, 3.8) is 0 Å². The number of hydrogen-bond acceptors (Lipinski definition) is 2. The fourth-order valence-corrected chi connectivity index (χ4v) is 2.36. The third kappa shape index (κ3) is 2.72. The Morgan fingerprint density at radius 3 is 2.72 bits per heavy atom. The average Bonchev–Trinajstić information content (AvgIpc) is 3.23. The summed E-state index contributed by atoms with van der Waals surface area (Å²) in [4.78, 5) is 11.4. The predicted octanol–water partition coefficient (Wildman–Crippen LogP) is 2.69. The summed E-state index contributed by atoms with van der Waals surface area (Å²) < 4.78 is 0. The largest absolute Gasteiger partial charge is 0.480 e. The van der Waals surface area contributed by atoms with Crippen molar-refractivity contribution in [2.24, 2.45) is 5.92 Å². The lowest BCUT2D eigenvalue weighted by molar-refractivity contribution is -0.139. The molecule has 3 nitrogen and oxygen atoms in total. The van der Waals surface area contributed by atoms with Crippen LogP contribution in [-0.2, 0) is 4.79 Å². The van der Waals surface area contributed by atoms with Crippen molar-refractivity contribution < 1.29 is 9.90 Å². The number of carbonyl (C=O) groups is 1. The minimum atomic E-state index is -0.774. The van der Waals surface area contributed by atoms with Gasteiger partial charge in [-0.15, -0.1) is 0 Å². The minimum absolute atomic E-state index is 0.552. The Bertz CT molecular complexity index is 450. The molecule has 0 saturated heterocycles. The van der Waals surface area contributed by atoms with E-state index in [0.717, 1.165) is 12.1 Å². The number of carboxylic acids is 1. The first-order chi connectivity index (χ1) is 8.74. The molecule has 0 spiro atoms. The van der Waals surface area contributed by atoms with Gasteiger partial charge in [0.25, 0.3) is 0 Å². The van der Waals surface area contributed by atoms with Gasteiger partial charge in [0.15, 0.2) is 0 Å². The van der Waals surface area contributed by atoms with E-state index in [1.807, 2.05) is 12.1 Å². The zero-order valence-corrected chi connectivity index (χ0v) is 10.4. The maximum absolute atomic E-state index is 11.4. The predicted molar refractivity (Wildman–Crippen MR) is 69.5 cm³/mol. The molecule has 96 valence electrons. The molecular formula is C15H19NO2. The fourth-order valence-electron chi connectivity index (χ4n) is 2.36. The Morgan fingerprint density at radius 1 is 1.33 bits per heavy atom. The second-order valence-electron chi connectivity index (χ2n) is 5.57. The van der Waals surface area contributed by atoms with Crippen molar-refractivity contribution in [2.75, 3.05) is 6.54 Å². The van der Waals surface area contributed by atoms with Crippen LogP contribution in [0.5, 0.6) is 0 Å². The molecule has 1 atom stereocenters. The Morgan fingerprint density at radius 2 is 2.11 bits per heavy atom. The van der Waals surface area contributed by atoms with Crippen LogP contribution in [0.2, 0.25) is 0 Å². The highest BCUT2D eigenvalue weighted by molar-refractivity contribution is 5.75. The number of carboxylic acid groups (broad SMARTS) is 1. The third-order valence-corrected chi connectivity index (χ3v) is 3.85. The van der Waals surface area contributed by atoms with Crippen LogP contribution in [0.1, 0.15) is 48.8 Å². The number of aliphatic carboxylic acids is 1. The molecule has 3 heteroatoms. The molecule has 1 unspecified atom stereocenters. The second kappa shape index (κ2) is 4.73. The van der Waals surface area contributed by atoms with Crippen molar-refractivity contribution in [2.45, 2.75) is 37.6 Å². The smallest absolute Gasteiger partial charge is 0.325 e. The number of hydrogen-bond donors (Lipinski definition) is 2. The van der Waals surface area contributed by atoms with Crippen LogP contribution < -0.4 is 5.32 Å². The van der Waals surface area contributed by atoms with E-state index >= 15 is 0 Å². The normalized spacial score (nSPS) is 20.7. The van der Waals surface area contributed by atoms with Gasteiger partial charge >= 0.3 is 5.97 Å². The Hall–Kier alpha value is -1.35. The summed E-state index contributed by atoms with van der Waals surface area (Å²) in [6.45, 7) is 0.824. The molecule has 2 saturated carbocycles. The van der Waals surface area contributed by atoms with E-state index in [9.17, 15) is 9.90 Å². The van der Waals surface area contributed by atoms with E-state index in [4.69, 9.17) is 0 Å². The average molecular weight is 245 g/mol. The number of benzene rings is 1. The van der Waals surface area contributed by atoms with Crippen LogP contribution in [0.25, 0.3) is 0 Å². The first-order valence-electron chi connectivity index (χ1n) is 6.80. The van der Waals surface area contributed by atoms with Crippen molar-refractivity contribution in [1.82, 2.24) is 5.32 Å². The molecule has 2 fully saturated rings. The van der Waals surface area contributed by atoms with Gasteiger partial charge < -0.3 is 10.4 Å². The Balaban J connectivity index is 1.74. The molecule has 2 N–H and O–H groups in total. The van der Waals surface area contributed by atoms with Crippen LogP contribution in [0.4, 0.5) is 0 Å². The van der Waals surface area contributed by atoms with Gasteiger partial charge in [0.1, 0.15) is 6.04 Å². The van der Waals surface area contributed by atoms with E-state index in [1.165, 1.54) is 31.2 Å². The van der Waals surface area contributed by atoms with Gasteiger partial charge in [-0.2, -0.15) is 0 Å². The molecule has 1 aromatic carbocycles. The summed E-state index contributed by atoms with van der Waals surface area (Å²) in [6.07, 6.45) is 4.97. The Labute approximate surface area is 107 Å². The first kappa shape index (κ1) is 11.7. The molecule has 2 aliphatic carbocycles. The van der Waals surface area contributed by atoms with Gasteiger partial charge in [0.05, 0.1) is 0 Å². The van der Waals surface area contributed by atoms with Gasteiger partial charge in [-0.05, 0) is 55.2 Å². The SMILES string of the molecule is O=C(O)C(NCC1CC1)c1cccc(C2CC2)c1. The lowest BCUT2D eigenvalue weighted by atomic mass is 10.0. The highest BCUT2D eigenvalue weighted by Crippen LogP contribution is 2.40. The van der Waals surface area contributed by atoms with E-state index in [-0.39, 0.29) is 0 Å². The molecule has 0 amide bonds. The Kier molecular flexibility index (Phi) is 3.08. The lowest BCUT2D eigenvalue weighted by Crippen LogP contribution is -2.30. The summed E-state index contributed by atoms with van der Waals surface area (Å²) in [5, 5.41) is 12.5. The van der Waals surface area contributed by atoms with Crippen LogP contribution in [0.3, 0.4) is 0 Å². The summed E-state index contributed by atoms with van der Waals surface area (Å²) in [5.41, 5.74) is 2.19. The van der Waals surface area contributed by atoms with Gasteiger partial charge in [-0.3, -0.25) is 4.79 Å². The van der Waals surface area contributed by atoms with Crippen molar-refractivity contribution in [1.29, 1.82) is 0 Å². The van der Waals surface area contributed by atoms with Crippen molar-refractivity contribution in [3.05, 3.63) is 35.4 Å². The second-order valence-corrected chi connectivity index (χ2v) is 5.57. The van der Waals surface area contributed by atoms with E-state index in [1.54, 1.807) is 0 Å². The van der Waals surface area contributed by atoms with E-state index in [0.29, 0.717) is 11.8 Å². The van der Waals surface area contributed by atoms with Gasteiger partial charge in [0, 0.05) is 0 Å². The quantitative estimate of drug-likeness (QED) is 0.810. The lowest BCUT2D eigenvalue weighted by Gasteiger charge is -2.15. The van der Waals surface area contributed by atoms with Crippen LogP contribution in [-0.4, -0.2) is 17.6 Å². The molecule has 0 heterocycles. The summed E-state index contributed by atoms with van der Waals surface area (Å²) in [5.74, 6) is 0.588. The van der Waals surface area contributed by atoms with Gasteiger partial charge in [-0.25, -0.2) is 0 Å². The molecule has 2 aliphatic rings. The summed E-state index contributed by atoms with van der Waals surface area (Å²) in [7, 11) is 0. The molecule has 1 aromatic rings. The zero-order chi connectivity index (χ0) is 12.5. The molecule has 0 aliphatic heterocycles. The highest BCUT2D eigenvalue weighted by atomic mass is 16.4. The monoisotopic (exact) mass is 245 g/mol. The van der Waals surface area contributed by atoms with Crippen LogP contribution >= 0.6 is 0 Å². The van der Waals surface area contributed by atoms with Crippen molar-refractivity contribution in [3.8, 4) is 0 Å². The molecular weight excluding hydrogens is 226 g/mol. The number of rotatable bonds is 6. The molecule has 0 radical (unpaired) electrons. The van der Waals surface area contributed by atoms with Crippen LogP contribution in [0, 0.1) is 5.92 Å². The molecule has 18 heavy (non-hydrogen) atoms. The van der Waals surface area contributed by atoms with Gasteiger partial charge in [0.2, 0.25) is 0 Å². The maximum atomic E-state index is 11.4. The molecule has 3 rings (SSSR count). The standard InChI is InChI=1S/C15H19NO2/c17-15(18)14(16-9-10-4-5-10)13-3-1-2-12(8-13)11-6-7-11/h1-3,8,10-11,14,16H,4-7,9H2,(H,17,18). The molecule has 0 aromatic heterocycles. The molecule has 0 bridgehead atoms. The maximum Gasteiger partial charge on any atom is 0.325 e. The summed E-state index contributed by atoms with van der Waals surface area (Å²) >= 11 is 0. The van der Waals surface area contributed by atoms with Crippen LogP contribution in [0.15, 0.2) is 24.3 Å². The fraction of sp³-hybridized carbons (Fsp3) is 0.533. The minimum Gasteiger partial charge on any atom is -0.480 e. The third-order valence-electron chi connectivity index (χ3n) is 3.85. The van der Waals surface area contributed by atoms with E-state index in [2.05, 4.69) is 17.4 Å². The zero-order valence-electron chi connectivity index (χ0n) is 10.4. The van der Waals surface area contributed by atoms with E-state index < -0.39 is 12.0 Å². The van der Waals surface area contributed by atoms with Crippen molar-refractivity contribution >= 4 is 5.97 Å². The number of nitrogens with one attached hydrogen (secondary N) is 1. The summed E-state index contributed by atoms with van der Waals surface area (Å²) in [6, 6.07) is 7.53. The highest BCUT2D eigenvalue weighted by Gasteiger charge is 2.27. The van der Waals surface area contributed by atoms with Gasteiger partial charge in [-0.1, -0.05) is 24.3 Å². The first-order valence-corrected chi connectivity index (χ1v) is 6.80. The topological polar surface area (TPSA) is 49.3 Å².